The van der Waals surface area contributed by atoms with E-state index in [2.05, 4.69) is 30.5 Å². The minimum atomic E-state index is -0.629. The van der Waals surface area contributed by atoms with E-state index in [-0.39, 0.29) is 6.61 Å². The van der Waals surface area contributed by atoms with Crippen LogP contribution in [-0.2, 0) is 0 Å². The topological polar surface area (TPSA) is 125 Å². The van der Waals surface area contributed by atoms with E-state index < -0.39 is 6.04 Å². The van der Waals surface area contributed by atoms with Crippen molar-refractivity contribution in [2.45, 2.75) is 6.04 Å². The Morgan fingerprint density at radius 1 is 1.53 bits per heavy atom. The van der Waals surface area contributed by atoms with Crippen LogP contribution in [0.2, 0.25) is 0 Å². The van der Waals surface area contributed by atoms with Gasteiger partial charge in [0, 0.05) is 11.1 Å². The highest BCUT2D eigenvalue weighted by Crippen LogP contribution is 2.16. The minimum Gasteiger partial charge on any atom is -0.396 e. The third-order valence-corrected chi connectivity index (χ3v) is 2.10. The molecule has 0 aliphatic carbocycles. The van der Waals surface area contributed by atoms with Gasteiger partial charge in [-0.05, 0) is 27.6 Å². The Bertz CT molecular complexity index is 515. The first-order valence-corrected chi connectivity index (χ1v) is 4.69. The quantitative estimate of drug-likeness (QED) is 0.464. The Hall–Kier alpha value is -2.51. The Labute approximate surface area is 95.3 Å². The van der Waals surface area contributed by atoms with Crippen molar-refractivity contribution in [3.63, 3.8) is 0 Å². The van der Waals surface area contributed by atoms with Crippen LogP contribution in [0.25, 0.3) is 16.3 Å². The van der Waals surface area contributed by atoms with Crippen molar-refractivity contribution in [3.05, 3.63) is 40.7 Å². The molecule has 86 valence electrons. The standard InChI is InChI=1S/C8H8N8O/c9-13-12-7(4-17)6-1-2-8(10-3-6)16-5-11-14-15-16/h1-3,5,7,17H,4H2. The lowest BCUT2D eigenvalue weighted by molar-refractivity contribution is 0.267. The summed E-state index contributed by atoms with van der Waals surface area (Å²) in [6.45, 7) is -0.268. The van der Waals surface area contributed by atoms with Gasteiger partial charge < -0.3 is 5.11 Å². The fourth-order valence-electron chi connectivity index (χ4n) is 1.27. The predicted octanol–water partition coefficient (Wildman–Crippen LogP) is 0.401. The third kappa shape index (κ3) is 2.36. The molecule has 0 radical (unpaired) electrons. The molecule has 0 aliphatic rings. The summed E-state index contributed by atoms with van der Waals surface area (Å²) in [4.78, 5) is 6.75. The van der Waals surface area contributed by atoms with E-state index in [1.807, 2.05) is 0 Å². The number of aliphatic hydroxyl groups is 1. The fourth-order valence-corrected chi connectivity index (χ4v) is 1.27. The molecular weight excluding hydrogens is 224 g/mol. The molecule has 0 amide bonds. The van der Waals surface area contributed by atoms with E-state index in [1.165, 1.54) is 17.2 Å². The van der Waals surface area contributed by atoms with Crippen molar-refractivity contribution >= 4 is 0 Å². The Morgan fingerprint density at radius 3 is 2.94 bits per heavy atom. The number of aromatic nitrogens is 5. The maximum atomic E-state index is 9.03. The first-order valence-electron chi connectivity index (χ1n) is 4.69. The number of pyridine rings is 1. The lowest BCUT2D eigenvalue weighted by Crippen LogP contribution is -2.03. The molecule has 2 rings (SSSR count). The zero-order valence-corrected chi connectivity index (χ0v) is 8.62. The summed E-state index contributed by atoms with van der Waals surface area (Å²) in [6, 6.07) is 2.73. The number of aliphatic hydroxyl groups excluding tert-OH is 1. The van der Waals surface area contributed by atoms with Crippen LogP contribution >= 0.6 is 0 Å². The highest BCUT2D eigenvalue weighted by atomic mass is 16.3. The van der Waals surface area contributed by atoms with E-state index in [0.717, 1.165) is 0 Å². The molecule has 0 fully saturated rings. The third-order valence-electron chi connectivity index (χ3n) is 2.10. The lowest BCUT2D eigenvalue weighted by atomic mass is 10.1. The molecule has 0 bridgehead atoms. The van der Waals surface area contributed by atoms with Gasteiger partial charge in [0.2, 0.25) is 0 Å². The molecule has 0 saturated carbocycles. The number of rotatable bonds is 4. The Kier molecular flexibility index (Phi) is 3.24. The molecule has 0 aromatic carbocycles. The van der Waals surface area contributed by atoms with Crippen LogP contribution in [0.1, 0.15) is 11.6 Å². The Morgan fingerprint density at radius 2 is 2.41 bits per heavy atom. The van der Waals surface area contributed by atoms with Crippen LogP contribution in [0.5, 0.6) is 0 Å². The van der Waals surface area contributed by atoms with Crippen LogP contribution < -0.4 is 0 Å². The van der Waals surface area contributed by atoms with E-state index in [9.17, 15) is 0 Å². The summed E-state index contributed by atoms with van der Waals surface area (Å²) in [7, 11) is 0. The van der Waals surface area contributed by atoms with Crippen LogP contribution in [0.15, 0.2) is 29.8 Å². The van der Waals surface area contributed by atoms with Gasteiger partial charge >= 0.3 is 0 Å². The van der Waals surface area contributed by atoms with Crippen molar-refractivity contribution < 1.29 is 5.11 Å². The molecule has 2 aromatic rings. The van der Waals surface area contributed by atoms with E-state index >= 15 is 0 Å². The molecule has 1 unspecified atom stereocenters. The second-order valence-corrected chi connectivity index (χ2v) is 3.11. The molecule has 9 heteroatoms. The fraction of sp³-hybridized carbons (Fsp3) is 0.250. The summed E-state index contributed by atoms with van der Waals surface area (Å²) in [6.07, 6.45) is 2.92. The highest BCUT2D eigenvalue weighted by molar-refractivity contribution is 5.25. The molecule has 17 heavy (non-hydrogen) atoms. The predicted molar refractivity (Wildman–Crippen MR) is 55.9 cm³/mol. The number of hydrogen-bond acceptors (Lipinski definition) is 6. The van der Waals surface area contributed by atoms with E-state index in [1.54, 1.807) is 12.1 Å². The van der Waals surface area contributed by atoms with Gasteiger partial charge in [-0.15, -0.1) is 5.10 Å². The maximum absolute atomic E-state index is 9.03. The summed E-state index contributed by atoms with van der Waals surface area (Å²) in [5.74, 6) is 0.538. The average molecular weight is 232 g/mol. The van der Waals surface area contributed by atoms with Gasteiger partial charge in [-0.2, -0.15) is 4.68 Å². The molecule has 0 spiro atoms. The van der Waals surface area contributed by atoms with Crippen molar-refractivity contribution in [2.75, 3.05) is 6.61 Å². The molecule has 2 aromatic heterocycles. The minimum absolute atomic E-state index is 0.268. The second-order valence-electron chi connectivity index (χ2n) is 3.11. The van der Waals surface area contributed by atoms with E-state index in [4.69, 9.17) is 10.6 Å². The number of hydrogen-bond donors (Lipinski definition) is 1. The number of azide groups is 1. The monoisotopic (exact) mass is 232 g/mol. The molecule has 0 saturated heterocycles. The van der Waals surface area contributed by atoms with Crippen molar-refractivity contribution in [2.24, 2.45) is 5.11 Å². The lowest BCUT2D eigenvalue weighted by Gasteiger charge is -2.07. The van der Waals surface area contributed by atoms with Gasteiger partial charge in [0.15, 0.2) is 5.82 Å². The molecule has 1 N–H and O–H groups in total. The number of nitrogens with zero attached hydrogens (tertiary/aromatic N) is 8. The molecular formula is C8H8N8O. The summed E-state index contributed by atoms with van der Waals surface area (Å²) >= 11 is 0. The SMILES string of the molecule is [N-]=[N+]=NC(CO)c1ccc(-n2cnnn2)nc1. The number of tetrazole rings is 1. The zero-order valence-electron chi connectivity index (χ0n) is 8.62. The van der Waals surface area contributed by atoms with Crippen LogP contribution in [0, 0.1) is 0 Å². The van der Waals surface area contributed by atoms with Crippen LogP contribution in [0.4, 0.5) is 0 Å². The van der Waals surface area contributed by atoms with Gasteiger partial charge in [0.1, 0.15) is 6.33 Å². The Balaban J connectivity index is 2.26. The first-order chi connectivity index (χ1) is 8.35. The van der Waals surface area contributed by atoms with E-state index in [0.29, 0.717) is 11.4 Å². The first kappa shape index (κ1) is 11.0. The van der Waals surface area contributed by atoms with Gasteiger partial charge in [0.05, 0.1) is 12.6 Å². The van der Waals surface area contributed by atoms with Crippen molar-refractivity contribution in [3.8, 4) is 5.82 Å². The normalized spacial score (nSPS) is 11.8. The van der Waals surface area contributed by atoms with Crippen molar-refractivity contribution in [1.82, 2.24) is 25.2 Å². The molecule has 1 atom stereocenters. The van der Waals surface area contributed by atoms with Gasteiger partial charge in [-0.25, -0.2) is 4.98 Å². The van der Waals surface area contributed by atoms with Gasteiger partial charge in [0.25, 0.3) is 0 Å². The highest BCUT2D eigenvalue weighted by Gasteiger charge is 2.09. The summed E-state index contributed by atoms with van der Waals surface area (Å²) in [5, 5.41) is 23.1. The van der Waals surface area contributed by atoms with Crippen LogP contribution in [-0.4, -0.2) is 36.9 Å². The average Bonchev–Trinajstić information content (AvgIpc) is 2.90. The summed E-state index contributed by atoms with van der Waals surface area (Å²) < 4.78 is 1.39. The second kappa shape index (κ2) is 5.01. The van der Waals surface area contributed by atoms with Gasteiger partial charge in [-0.3, -0.25) is 0 Å². The van der Waals surface area contributed by atoms with Crippen LogP contribution in [0.3, 0.4) is 0 Å². The smallest absolute Gasteiger partial charge is 0.156 e. The van der Waals surface area contributed by atoms with Crippen molar-refractivity contribution in [1.29, 1.82) is 0 Å². The van der Waals surface area contributed by atoms with Gasteiger partial charge in [-0.1, -0.05) is 11.2 Å². The molecule has 0 aliphatic heterocycles. The molecule has 2 heterocycles. The largest absolute Gasteiger partial charge is 0.396 e. The maximum Gasteiger partial charge on any atom is 0.156 e. The summed E-state index contributed by atoms with van der Waals surface area (Å²) in [5.41, 5.74) is 8.96. The molecule has 9 nitrogen and oxygen atoms in total. The zero-order chi connectivity index (χ0) is 12.1.